The fourth-order valence-electron chi connectivity index (χ4n) is 2.74. The second kappa shape index (κ2) is 18.2. The van der Waals surface area contributed by atoms with Gasteiger partial charge in [-0.1, -0.05) is 90.0 Å². The van der Waals surface area contributed by atoms with Gasteiger partial charge in [-0.25, -0.2) is 4.79 Å². The molecule has 0 rings (SSSR count). The summed E-state index contributed by atoms with van der Waals surface area (Å²) >= 11 is 0. The highest BCUT2D eigenvalue weighted by atomic mass is 16.5. The SMILES string of the molecule is CCCCCCCCCCCCCCCC=CC(=O)C(=O)OCC. The second-order valence-corrected chi connectivity index (χ2v) is 6.52. The van der Waals surface area contributed by atoms with E-state index in [1.165, 1.54) is 83.1 Å². The molecule has 0 bridgehead atoms. The van der Waals surface area contributed by atoms with Crippen molar-refractivity contribution in [1.29, 1.82) is 0 Å². The van der Waals surface area contributed by atoms with Crippen LogP contribution in [0.15, 0.2) is 12.2 Å². The topological polar surface area (TPSA) is 43.4 Å². The van der Waals surface area contributed by atoms with E-state index >= 15 is 0 Å². The lowest BCUT2D eigenvalue weighted by atomic mass is 10.0. The Morgan fingerprint density at radius 2 is 1.17 bits per heavy atom. The van der Waals surface area contributed by atoms with Crippen LogP contribution < -0.4 is 0 Å². The predicted octanol–water partition coefficient (Wildman–Crippen LogP) is 6.16. The fraction of sp³-hybridized carbons (Fsp3) is 0.810. The third kappa shape index (κ3) is 15.8. The van der Waals surface area contributed by atoms with E-state index in [0.717, 1.165) is 12.8 Å². The van der Waals surface area contributed by atoms with Crippen LogP contribution in [-0.4, -0.2) is 18.4 Å². The Kier molecular flexibility index (Phi) is 17.4. The maximum Gasteiger partial charge on any atom is 0.378 e. The van der Waals surface area contributed by atoms with E-state index in [0.29, 0.717) is 0 Å². The van der Waals surface area contributed by atoms with Crippen molar-refractivity contribution in [2.24, 2.45) is 0 Å². The normalized spacial score (nSPS) is 11.1. The molecule has 0 aromatic carbocycles. The number of esters is 1. The van der Waals surface area contributed by atoms with Crippen molar-refractivity contribution in [3.8, 4) is 0 Å². The third-order valence-electron chi connectivity index (χ3n) is 4.22. The second-order valence-electron chi connectivity index (χ2n) is 6.52. The van der Waals surface area contributed by atoms with Gasteiger partial charge in [-0.2, -0.15) is 0 Å². The number of allylic oxidation sites excluding steroid dienone is 1. The minimum Gasteiger partial charge on any atom is -0.460 e. The van der Waals surface area contributed by atoms with Gasteiger partial charge in [0.15, 0.2) is 0 Å². The van der Waals surface area contributed by atoms with Crippen molar-refractivity contribution >= 4 is 11.8 Å². The van der Waals surface area contributed by atoms with Gasteiger partial charge in [0.05, 0.1) is 6.61 Å². The Balaban J connectivity index is 3.25. The first-order chi connectivity index (χ1) is 11.7. The van der Waals surface area contributed by atoms with E-state index in [2.05, 4.69) is 11.7 Å². The van der Waals surface area contributed by atoms with Crippen LogP contribution in [0.3, 0.4) is 0 Å². The van der Waals surface area contributed by atoms with E-state index in [1.54, 1.807) is 13.0 Å². The minimum absolute atomic E-state index is 0.247. The summed E-state index contributed by atoms with van der Waals surface area (Å²) in [6, 6.07) is 0. The molecule has 0 spiro atoms. The summed E-state index contributed by atoms with van der Waals surface area (Å²) in [5, 5.41) is 0. The van der Waals surface area contributed by atoms with Crippen LogP contribution in [0.1, 0.15) is 104 Å². The molecule has 0 saturated carbocycles. The van der Waals surface area contributed by atoms with Gasteiger partial charge in [0, 0.05) is 0 Å². The number of ketones is 1. The van der Waals surface area contributed by atoms with Gasteiger partial charge in [-0.15, -0.1) is 0 Å². The van der Waals surface area contributed by atoms with Crippen LogP contribution in [0.25, 0.3) is 0 Å². The first-order valence-corrected chi connectivity index (χ1v) is 10.1. The number of hydrogen-bond donors (Lipinski definition) is 0. The molecule has 0 aromatic heterocycles. The van der Waals surface area contributed by atoms with Crippen molar-refractivity contribution in [2.45, 2.75) is 104 Å². The monoisotopic (exact) mass is 338 g/mol. The molecule has 0 atom stereocenters. The molecule has 0 N–H and O–H groups in total. The number of unbranched alkanes of at least 4 members (excludes halogenated alkanes) is 13. The molecule has 0 aliphatic carbocycles. The average molecular weight is 339 g/mol. The maximum atomic E-state index is 11.3. The van der Waals surface area contributed by atoms with Gasteiger partial charge in [0.1, 0.15) is 0 Å². The Morgan fingerprint density at radius 1 is 0.708 bits per heavy atom. The zero-order valence-electron chi connectivity index (χ0n) is 16.0. The van der Waals surface area contributed by atoms with E-state index in [-0.39, 0.29) is 6.61 Å². The van der Waals surface area contributed by atoms with Crippen molar-refractivity contribution in [1.82, 2.24) is 0 Å². The summed E-state index contributed by atoms with van der Waals surface area (Å²) in [5.74, 6) is -1.30. The van der Waals surface area contributed by atoms with Gasteiger partial charge in [0.2, 0.25) is 0 Å². The molecular weight excluding hydrogens is 300 g/mol. The number of carbonyl (C=O) groups is 2. The first-order valence-electron chi connectivity index (χ1n) is 10.1. The minimum atomic E-state index is -0.751. The van der Waals surface area contributed by atoms with Crippen LogP contribution in [0.4, 0.5) is 0 Å². The van der Waals surface area contributed by atoms with Crippen molar-refractivity contribution in [2.75, 3.05) is 6.61 Å². The largest absolute Gasteiger partial charge is 0.460 e. The lowest BCUT2D eigenvalue weighted by molar-refractivity contribution is -0.151. The maximum absolute atomic E-state index is 11.3. The van der Waals surface area contributed by atoms with Gasteiger partial charge in [-0.3, -0.25) is 4.79 Å². The Hall–Kier alpha value is -1.12. The van der Waals surface area contributed by atoms with Crippen LogP contribution in [0.2, 0.25) is 0 Å². The molecule has 0 amide bonds. The highest BCUT2D eigenvalue weighted by Gasteiger charge is 2.09. The molecule has 0 aliphatic heterocycles. The van der Waals surface area contributed by atoms with Gasteiger partial charge < -0.3 is 4.74 Å². The molecule has 0 heterocycles. The van der Waals surface area contributed by atoms with Crippen molar-refractivity contribution < 1.29 is 14.3 Å². The molecular formula is C21H38O3. The number of hydrogen-bond acceptors (Lipinski definition) is 3. The fourth-order valence-corrected chi connectivity index (χ4v) is 2.74. The molecule has 0 aliphatic rings. The van der Waals surface area contributed by atoms with Gasteiger partial charge >= 0.3 is 5.97 Å². The summed E-state index contributed by atoms with van der Waals surface area (Å²) in [6.45, 7) is 4.21. The Labute approximate surface area is 149 Å². The first kappa shape index (κ1) is 22.9. The average Bonchev–Trinajstić information content (AvgIpc) is 2.58. The van der Waals surface area contributed by atoms with Crippen LogP contribution >= 0.6 is 0 Å². The lowest BCUT2D eigenvalue weighted by Crippen LogP contribution is -2.14. The summed E-state index contributed by atoms with van der Waals surface area (Å²) in [7, 11) is 0. The molecule has 140 valence electrons. The number of carbonyl (C=O) groups excluding carboxylic acids is 2. The summed E-state index contributed by atoms with van der Waals surface area (Å²) in [4.78, 5) is 22.4. The smallest absolute Gasteiger partial charge is 0.378 e. The predicted molar refractivity (Wildman–Crippen MR) is 101 cm³/mol. The zero-order valence-corrected chi connectivity index (χ0v) is 16.0. The Morgan fingerprint density at radius 3 is 1.62 bits per heavy atom. The quantitative estimate of drug-likeness (QED) is 0.138. The van der Waals surface area contributed by atoms with E-state index in [1.807, 2.05) is 0 Å². The number of ether oxygens (including phenoxy) is 1. The molecule has 3 heteroatoms. The van der Waals surface area contributed by atoms with Crippen LogP contribution in [0.5, 0.6) is 0 Å². The molecule has 0 saturated heterocycles. The molecule has 3 nitrogen and oxygen atoms in total. The summed E-state index contributed by atoms with van der Waals surface area (Å²) < 4.78 is 4.64. The van der Waals surface area contributed by atoms with Crippen LogP contribution in [-0.2, 0) is 14.3 Å². The third-order valence-corrected chi connectivity index (χ3v) is 4.22. The molecule has 0 radical (unpaired) electrons. The Bertz CT molecular complexity index is 334. The molecule has 0 unspecified atom stereocenters. The van der Waals surface area contributed by atoms with Gasteiger partial charge in [0.25, 0.3) is 5.78 Å². The van der Waals surface area contributed by atoms with E-state index in [9.17, 15) is 9.59 Å². The van der Waals surface area contributed by atoms with Crippen LogP contribution in [0, 0.1) is 0 Å². The molecule has 0 aromatic rings. The van der Waals surface area contributed by atoms with Crippen molar-refractivity contribution in [3.05, 3.63) is 12.2 Å². The highest BCUT2D eigenvalue weighted by molar-refractivity contribution is 6.38. The zero-order chi connectivity index (χ0) is 17.9. The number of rotatable bonds is 17. The highest BCUT2D eigenvalue weighted by Crippen LogP contribution is 2.13. The van der Waals surface area contributed by atoms with Gasteiger partial charge in [-0.05, 0) is 25.8 Å². The molecule has 24 heavy (non-hydrogen) atoms. The standard InChI is InChI=1S/C21H38O3/c1-3-5-6-7-8-9-10-11-12-13-14-15-16-17-18-19-20(22)21(23)24-4-2/h18-19H,3-17H2,1-2H3. The van der Waals surface area contributed by atoms with E-state index < -0.39 is 11.8 Å². The lowest BCUT2D eigenvalue weighted by Gasteiger charge is -2.02. The summed E-state index contributed by atoms with van der Waals surface area (Å²) in [6.07, 6.45) is 21.4. The van der Waals surface area contributed by atoms with Crippen molar-refractivity contribution in [3.63, 3.8) is 0 Å². The molecule has 0 fully saturated rings. The van der Waals surface area contributed by atoms with E-state index in [4.69, 9.17) is 0 Å². The summed E-state index contributed by atoms with van der Waals surface area (Å²) in [5.41, 5.74) is 0.